The number of nitrogens with one attached hydrogen (secondary N) is 1. The second-order valence-electron chi connectivity index (χ2n) is 6.70. The predicted molar refractivity (Wildman–Crippen MR) is 66.3 cm³/mol. The van der Waals surface area contributed by atoms with Crippen LogP contribution in [0.1, 0.15) is 51.9 Å². The van der Waals surface area contributed by atoms with E-state index in [2.05, 4.69) is 6.92 Å². The zero-order valence-electron chi connectivity index (χ0n) is 10.3. The van der Waals surface area contributed by atoms with Crippen molar-refractivity contribution in [3.8, 4) is 0 Å². The maximum atomic E-state index is 7.86. The fourth-order valence-corrected chi connectivity index (χ4v) is 5.59. The lowest BCUT2D eigenvalue weighted by atomic mass is 9.46. The molecular formula is C14H24N2. The van der Waals surface area contributed by atoms with Crippen molar-refractivity contribution >= 4 is 5.84 Å². The smallest absolute Gasteiger partial charge is 0.0942 e. The van der Waals surface area contributed by atoms with Crippen LogP contribution >= 0.6 is 0 Å². The van der Waals surface area contributed by atoms with Crippen LogP contribution in [0.3, 0.4) is 0 Å². The van der Waals surface area contributed by atoms with Crippen LogP contribution in [0.5, 0.6) is 0 Å². The number of hydrogen-bond donors (Lipinski definition) is 2. The van der Waals surface area contributed by atoms with Gasteiger partial charge in [0.2, 0.25) is 0 Å². The molecule has 16 heavy (non-hydrogen) atoms. The first kappa shape index (κ1) is 10.6. The SMILES string of the molecule is CCC(C(=N)N)C12CC3CC(CC(C3)C1)C2. The molecule has 0 aromatic carbocycles. The van der Waals surface area contributed by atoms with Crippen molar-refractivity contribution in [2.45, 2.75) is 51.9 Å². The number of amidine groups is 1. The van der Waals surface area contributed by atoms with Crippen LogP contribution < -0.4 is 5.73 Å². The molecule has 4 saturated carbocycles. The molecule has 2 nitrogen and oxygen atoms in total. The highest BCUT2D eigenvalue weighted by Gasteiger charge is 2.54. The molecule has 0 aliphatic heterocycles. The van der Waals surface area contributed by atoms with Crippen LogP contribution in [0.4, 0.5) is 0 Å². The first-order chi connectivity index (χ1) is 7.63. The van der Waals surface area contributed by atoms with Gasteiger partial charge < -0.3 is 5.73 Å². The van der Waals surface area contributed by atoms with Crippen molar-refractivity contribution < 1.29 is 0 Å². The van der Waals surface area contributed by atoms with Crippen LogP contribution in [0.15, 0.2) is 0 Å². The number of rotatable bonds is 3. The molecule has 1 atom stereocenters. The van der Waals surface area contributed by atoms with Crippen molar-refractivity contribution in [2.75, 3.05) is 0 Å². The van der Waals surface area contributed by atoms with Gasteiger partial charge in [0.15, 0.2) is 0 Å². The lowest BCUT2D eigenvalue weighted by Gasteiger charge is -2.59. The summed E-state index contributed by atoms with van der Waals surface area (Å²) in [5, 5.41) is 7.86. The van der Waals surface area contributed by atoms with E-state index >= 15 is 0 Å². The monoisotopic (exact) mass is 220 g/mol. The van der Waals surface area contributed by atoms with E-state index in [1.807, 2.05) is 0 Å². The second-order valence-corrected chi connectivity index (χ2v) is 6.70. The van der Waals surface area contributed by atoms with Gasteiger partial charge in [0.1, 0.15) is 0 Å². The fourth-order valence-electron chi connectivity index (χ4n) is 5.59. The summed E-state index contributed by atoms with van der Waals surface area (Å²) in [6.07, 6.45) is 9.63. The summed E-state index contributed by atoms with van der Waals surface area (Å²) in [5.74, 6) is 3.75. The molecular weight excluding hydrogens is 196 g/mol. The summed E-state index contributed by atoms with van der Waals surface area (Å²) >= 11 is 0. The molecule has 0 spiro atoms. The van der Waals surface area contributed by atoms with E-state index in [4.69, 9.17) is 11.1 Å². The van der Waals surface area contributed by atoms with E-state index in [-0.39, 0.29) is 0 Å². The van der Waals surface area contributed by atoms with Crippen molar-refractivity contribution in [3.05, 3.63) is 0 Å². The standard InChI is InChI=1S/C14H24N2/c1-2-12(13(15)16)14-6-9-3-10(7-14)5-11(4-9)8-14/h9-12H,2-8H2,1H3,(H3,15,16). The minimum atomic E-state index is 0.376. The van der Waals surface area contributed by atoms with Crippen LogP contribution in [0.2, 0.25) is 0 Å². The average Bonchev–Trinajstić information content (AvgIpc) is 2.14. The summed E-state index contributed by atoms with van der Waals surface area (Å²) in [4.78, 5) is 0. The molecule has 90 valence electrons. The largest absolute Gasteiger partial charge is 0.387 e. The second kappa shape index (κ2) is 3.48. The highest BCUT2D eigenvalue weighted by Crippen LogP contribution is 2.63. The van der Waals surface area contributed by atoms with Crippen LogP contribution in [-0.4, -0.2) is 5.84 Å². The molecule has 4 rings (SSSR count). The van der Waals surface area contributed by atoms with E-state index in [0.29, 0.717) is 17.2 Å². The van der Waals surface area contributed by atoms with Gasteiger partial charge in [-0.15, -0.1) is 0 Å². The van der Waals surface area contributed by atoms with Gasteiger partial charge in [-0.3, -0.25) is 5.41 Å². The first-order valence-corrected chi connectivity index (χ1v) is 6.97. The van der Waals surface area contributed by atoms with Crippen molar-refractivity contribution in [1.82, 2.24) is 0 Å². The van der Waals surface area contributed by atoms with E-state index in [0.717, 1.165) is 24.2 Å². The van der Waals surface area contributed by atoms with Crippen LogP contribution in [-0.2, 0) is 0 Å². The van der Waals surface area contributed by atoms with Gasteiger partial charge in [-0.1, -0.05) is 6.92 Å². The Labute approximate surface area is 98.5 Å². The summed E-state index contributed by atoms with van der Waals surface area (Å²) in [5.41, 5.74) is 6.29. The van der Waals surface area contributed by atoms with Gasteiger partial charge in [-0.2, -0.15) is 0 Å². The van der Waals surface area contributed by atoms with Crippen LogP contribution in [0.25, 0.3) is 0 Å². The molecule has 0 heterocycles. The topological polar surface area (TPSA) is 49.9 Å². The minimum Gasteiger partial charge on any atom is -0.387 e. The van der Waals surface area contributed by atoms with Crippen molar-refractivity contribution in [1.29, 1.82) is 5.41 Å². The summed E-state index contributed by atoms with van der Waals surface area (Å²) in [6, 6.07) is 0. The normalized spacial score (nSPS) is 46.9. The zero-order valence-corrected chi connectivity index (χ0v) is 10.3. The molecule has 1 unspecified atom stereocenters. The minimum absolute atomic E-state index is 0.376. The molecule has 0 radical (unpaired) electrons. The third-order valence-electron chi connectivity index (χ3n) is 5.61. The maximum Gasteiger partial charge on any atom is 0.0942 e. The van der Waals surface area contributed by atoms with E-state index < -0.39 is 0 Å². The molecule has 0 aromatic heterocycles. The fraction of sp³-hybridized carbons (Fsp3) is 0.929. The van der Waals surface area contributed by atoms with Crippen molar-refractivity contribution in [2.24, 2.45) is 34.8 Å². The Morgan fingerprint density at radius 3 is 1.94 bits per heavy atom. The molecule has 4 aliphatic carbocycles. The third-order valence-corrected chi connectivity index (χ3v) is 5.61. The van der Waals surface area contributed by atoms with E-state index in [1.165, 1.54) is 38.5 Å². The van der Waals surface area contributed by atoms with Crippen molar-refractivity contribution in [3.63, 3.8) is 0 Å². The molecule has 4 aliphatic rings. The van der Waals surface area contributed by atoms with Gasteiger partial charge in [0, 0.05) is 5.92 Å². The third kappa shape index (κ3) is 1.42. The molecule has 4 fully saturated rings. The first-order valence-electron chi connectivity index (χ1n) is 6.97. The Hall–Kier alpha value is -0.530. The highest BCUT2D eigenvalue weighted by atomic mass is 14.7. The summed E-state index contributed by atoms with van der Waals surface area (Å²) in [7, 11) is 0. The van der Waals surface area contributed by atoms with Gasteiger partial charge >= 0.3 is 0 Å². The Morgan fingerprint density at radius 2 is 1.62 bits per heavy atom. The summed E-state index contributed by atoms with van der Waals surface area (Å²) in [6.45, 7) is 2.21. The molecule has 0 saturated heterocycles. The Balaban J connectivity index is 1.90. The van der Waals surface area contributed by atoms with Gasteiger partial charge in [-0.25, -0.2) is 0 Å². The van der Waals surface area contributed by atoms with Gasteiger partial charge in [0.05, 0.1) is 5.84 Å². The molecule has 4 bridgehead atoms. The van der Waals surface area contributed by atoms with E-state index in [9.17, 15) is 0 Å². The Kier molecular flexibility index (Phi) is 2.31. The average molecular weight is 220 g/mol. The lowest BCUT2D eigenvalue weighted by Crippen LogP contribution is -2.52. The molecule has 0 amide bonds. The quantitative estimate of drug-likeness (QED) is 0.557. The lowest BCUT2D eigenvalue weighted by molar-refractivity contribution is -0.0729. The van der Waals surface area contributed by atoms with Crippen LogP contribution in [0, 0.1) is 34.5 Å². The van der Waals surface area contributed by atoms with Gasteiger partial charge in [-0.05, 0) is 68.1 Å². The number of nitrogens with two attached hydrogens (primary N) is 1. The molecule has 0 aromatic rings. The Bertz CT molecular complexity index is 273. The highest BCUT2D eigenvalue weighted by molar-refractivity contribution is 5.80. The molecule has 3 N–H and O–H groups in total. The zero-order chi connectivity index (χ0) is 11.3. The van der Waals surface area contributed by atoms with E-state index in [1.54, 1.807) is 0 Å². The maximum absolute atomic E-state index is 7.86. The predicted octanol–water partition coefficient (Wildman–Crippen LogP) is 3.16. The Morgan fingerprint density at radius 1 is 1.19 bits per heavy atom. The van der Waals surface area contributed by atoms with Gasteiger partial charge in [0.25, 0.3) is 0 Å². The summed E-state index contributed by atoms with van der Waals surface area (Å²) < 4.78 is 0. The number of hydrogen-bond acceptors (Lipinski definition) is 1. The molecule has 2 heteroatoms.